The fourth-order valence-electron chi connectivity index (χ4n) is 13.4. The molecule has 0 unspecified atom stereocenters. The molecule has 17 aromatic rings. The molecule has 0 radical (unpaired) electrons. The van der Waals surface area contributed by atoms with Crippen LogP contribution >= 0.6 is 0 Å². The Morgan fingerprint density at radius 3 is 1.31 bits per heavy atom. The normalized spacial score (nSPS) is 11.9. The molecule has 8 heteroatoms. The average Bonchev–Trinajstić information content (AvgIpc) is 2.08. The fourth-order valence-corrected chi connectivity index (χ4v) is 13.4. The van der Waals surface area contributed by atoms with Crippen LogP contribution in [-0.4, -0.2) is 38.2 Å². The minimum absolute atomic E-state index is 0.543. The first kappa shape index (κ1) is 48.5. The lowest BCUT2D eigenvalue weighted by atomic mass is 9.92. The van der Waals surface area contributed by atoms with Crippen molar-refractivity contribution in [3.05, 3.63) is 290 Å². The van der Waals surface area contributed by atoms with E-state index in [4.69, 9.17) is 15.0 Å². The highest BCUT2D eigenvalue weighted by atomic mass is 15.2. The summed E-state index contributed by atoms with van der Waals surface area (Å²) in [5, 5.41) is 9.53. The van der Waals surface area contributed by atoms with Gasteiger partial charge in [0.05, 0.1) is 44.1 Å². The number of pyridine rings is 1. The monoisotopic (exact) mass is 1090 g/mol. The first-order chi connectivity index (χ1) is 42.1. The van der Waals surface area contributed by atoms with E-state index in [0.29, 0.717) is 17.6 Å². The van der Waals surface area contributed by atoms with Crippen LogP contribution in [0.4, 0.5) is 0 Å². The Balaban J connectivity index is 0.720. The second-order valence-electron chi connectivity index (χ2n) is 22.2. The smallest absolute Gasteiger partial charge is 0.238 e. The largest absolute Gasteiger partial charge is 0.309 e. The van der Waals surface area contributed by atoms with Gasteiger partial charge >= 0.3 is 0 Å². The van der Waals surface area contributed by atoms with Crippen LogP contribution in [0.3, 0.4) is 0 Å². The minimum atomic E-state index is 0.543. The van der Waals surface area contributed by atoms with Gasteiger partial charge in [0.25, 0.3) is 0 Å². The van der Waals surface area contributed by atoms with Crippen molar-refractivity contribution < 1.29 is 0 Å². The summed E-state index contributed by atoms with van der Waals surface area (Å²) in [7, 11) is 0. The van der Waals surface area contributed by atoms with Gasteiger partial charge in [0, 0.05) is 83.7 Å². The SMILES string of the molecule is Cc1ccc(-n2c3ccccc3c3ccccc32)cc1-c1ccccc1CCc1ccc(-c2nc(-c3ccc(-n4c5ccccc5c5cc(-n6c7ccccc7c7ccccc76)ccc54)cc3)nc(-n3c4ccccc4c4cnccc43)n2)cc1. The topological polar surface area (TPSA) is 71.3 Å². The van der Waals surface area contributed by atoms with Crippen molar-refractivity contribution in [3.8, 4) is 56.9 Å². The van der Waals surface area contributed by atoms with E-state index in [1.165, 1.54) is 82.2 Å². The summed E-state index contributed by atoms with van der Waals surface area (Å²) in [4.78, 5) is 20.4. The zero-order valence-corrected chi connectivity index (χ0v) is 46.5. The zero-order chi connectivity index (χ0) is 56.1. The Bertz CT molecular complexity index is 5340. The van der Waals surface area contributed by atoms with E-state index in [1.807, 2.05) is 18.5 Å². The quantitative estimate of drug-likeness (QED) is 0.137. The molecule has 400 valence electrons. The Morgan fingerprint density at radius 1 is 0.306 bits per heavy atom. The van der Waals surface area contributed by atoms with Gasteiger partial charge in [-0.15, -0.1) is 0 Å². The van der Waals surface area contributed by atoms with Crippen molar-refractivity contribution in [2.24, 2.45) is 0 Å². The Morgan fingerprint density at radius 2 is 0.729 bits per heavy atom. The van der Waals surface area contributed by atoms with Crippen molar-refractivity contribution in [3.63, 3.8) is 0 Å². The van der Waals surface area contributed by atoms with Gasteiger partial charge in [-0.3, -0.25) is 9.55 Å². The van der Waals surface area contributed by atoms with Crippen LogP contribution in [0.5, 0.6) is 0 Å². The molecule has 85 heavy (non-hydrogen) atoms. The molecule has 0 bridgehead atoms. The molecule has 0 saturated heterocycles. The maximum Gasteiger partial charge on any atom is 0.238 e. The van der Waals surface area contributed by atoms with Crippen LogP contribution in [0, 0.1) is 6.92 Å². The van der Waals surface area contributed by atoms with Crippen LogP contribution in [-0.2, 0) is 12.8 Å². The van der Waals surface area contributed by atoms with Gasteiger partial charge in [0.15, 0.2) is 11.6 Å². The summed E-state index contributed by atoms with van der Waals surface area (Å²) in [6, 6.07) is 94.1. The summed E-state index contributed by atoms with van der Waals surface area (Å²) >= 11 is 0. The number of aromatic nitrogens is 8. The van der Waals surface area contributed by atoms with Gasteiger partial charge in [-0.25, -0.2) is 4.98 Å². The lowest BCUT2D eigenvalue weighted by molar-refractivity contribution is 0.949. The number of benzene rings is 11. The summed E-state index contributed by atoms with van der Waals surface area (Å²) in [6.07, 6.45) is 5.51. The number of nitrogens with zero attached hydrogens (tertiary/aromatic N) is 8. The molecule has 6 aromatic heterocycles. The molecule has 6 heterocycles. The number of hydrogen-bond donors (Lipinski definition) is 0. The van der Waals surface area contributed by atoms with E-state index in [1.54, 1.807) is 0 Å². The summed E-state index contributed by atoms with van der Waals surface area (Å²) < 4.78 is 9.31. The van der Waals surface area contributed by atoms with E-state index >= 15 is 0 Å². The lowest BCUT2D eigenvalue weighted by Gasteiger charge is -2.16. The molecule has 17 rings (SSSR count). The maximum atomic E-state index is 5.32. The molecule has 0 saturated carbocycles. The molecular weight excluding hydrogens is 1040 g/mol. The van der Waals surface area contributed by atoms with Crippen molar-refractivity contribution in [2.45, 2.75) is 19.8 Å². The fraction of sp³-hybridized carbons (Fsp3) is 0.0390. The lowest BCUT2D eigenvalue weighted by Crippen LogP contribution is -2.06. The summed E-state index contributed by atoms with van der Waals surface area (Å²) in [6.45, 7) is 2.22. The average molecular weight is 1090 g/mol. The molecule has 0 aliphatic heterocycles. The highest BCUT2D eigenvalue weighted by molar-refractivity contribution is 6.13. The van der Waals surface area contributed by atoms with Crippen molar-refractivity contribution in [1.29, 1.82) is 0 Å². The molecule has 0 amide bonds. The van der Waals surface area contributed by atoms with E-state index in [2.05, 4.69) is 285 Å². The standard InChI is InChI=1S/C77H52N8/c1-49-30-39-55(83-67-24-10-4-18-58(67)59-19-5-11-25-68(59)83)46-64(49)57-17-3-2-16-51(57)34-31-50-32-35-52(36-33-50)75-79-76(81-77(80-75)85-72-29-15-9-23-63(72)66-48-78-45-44-74(66)85)53-37-40-54(41-38-53)82-71-28-14-8-22-62(71)65-47-56(42-43-73(65)82)84-69-26-12-6-20-60(69)61-21-7-13-27-70(61)84/h2-30,32-33,35-48H,31,34H2,1H3. The van der Waals surface area contributed by atoms with Crippen molar-refractivity contribution >= 4 is 87.2 Å². The third-order valence-corrected chi connectivity index (χ3v) is 17.4. The summed E-state index contributed by atoms with van der Waals surface area (Å²) in [5.41, 5.74) is 20.5. The molecule has 0 spiro atoms. The van der Waals surface area contributed by atoms with Crippen LogP contribution < -0.4 is 0 Å². The third kappa shape index (κ3) is 7.83. The number of hydrogen-bond acceptors (Lipinski definition) is 4. The second-order valence-corrected chi connectivity index (χ2v) is 22.2. The molecule has 0 fully saturated rings. The third-order valence-electron chi connectivity index (χ3n) is 17.4. The first-order valence-electron chi connectivity index (χ1n) is 29.1. The molecule has 11 aromatic carbocycles. The predicted octanol–water partition coefficient (Wildman–Crippen LogP) is 18.7. The Hall–Kier alpha value is -11.2. The van der Waals surface area contributed by atoms with Gasteiger partial charge in [-0.05, 0) is 145 Å². The molecule has 0 atom stereocenters. The zero-order valence-electron chi connectivity index (χ0n) is 46.5. The number of aryl methyl sites for hydroxylation is 3. The van der Waals surface area contributed by atoms with Gasteiger partial charge in [-0.1, -0.05) is 164 Å². The molecule has 0 N–H and O–H groups in total. The second kappa shape index (κ2) is 19.5. The first-order valence-corrected chi connectivity index (χ1v) is 29.1. The van der Waals surface area contributed by atoms with Crippen LogP contribution in [0.25, 0.3) is 144 Å². The van der Waals surface area contributed by atoms with E-state index < -0.39 is 0 Å². The van der Waals surface area contributed by atoms with Crippen LogP contribution in [0.1, 0.15) is 16.7 Å². The number of para-hydroxylation sites is 6. The van der Waals surface area contributed by atoms with Crippen LogP contribution in [0.15, 0.2) is 273 Å². The van der Waals surface area contributed by atoms with Crippen molar-refractivity contribution in [1.82, 2.24) is 38.2 Å². The molecule has 0 aliphatic rings. The van der Waals surface area contributed by atoms with E-state index in [9.17, 15) is 0 Å². The van der Waals surface area contributed by atoms with E-state index in [0.717, 1.165) is 73.9 Å². The van der Waals surface area contributed by atoms with Gasteiger partial charge in [0.2, 0.25) is 5.95 Å². The highest BCUT2D eigenvalue weighted by Crippen LogP contribution is 2.40. The molecule has 8 nitrogen and oxygen atoms in total. The Labute approximate surface area is 489 Å². The predicted molar refractivity (Wildman–Crippen MR) is 350 cm³/mol. The van der Waals surface area contributed by atoms with Gasteiger partial charge in [0.1, 0.15) is 0 Å². The minimum Gasteiger partial charge on any atom is -0.309 e. The van der Waals surface area contributed by atoms with Crippen molar-refractivity contribution in [2.75, 3.05) is 0 Å². The highest BCUT2D eigenvalue weighted by Gasteiger charge is 2.21. The Kier molecular flexibility index (Phi) is 11.1. The summed E-state index contributed by atoms with van der Waals surface area (Å²) in [5.74, 6) is 1.73. The molecule has 0 aliphatic carbocycles. The molecular formula is C77H52N8. The number of fused-ring (bicyclic) bond motifs is 12. The van der Waals surface area contributed by atoms with Gasteiger partial charge < -0.3 is 13.7 Å². The van der Waals surface area contributed by atoms with Crippen LogP contribution in [0.2, 0.25) is 0 Å². The van der Waals surface area contributed by atoms with E-state index in [-0.39, 0.29) is 0 Å². The number of rotatable bonds is 10. The van der Waals surface area contributed by atoms with Gasteiger partial charge in [-0.2, -0.15) is 9.97 Å². The maximum absolute atomic E-state index is 5.32.